The van der Waals surface area contributed by atoms with E-state index in [1.165, 1.54) is 11.9 Å². The summed E-state index contributed by atoms with van der Waals surface area (Å²) in [6.07, 6.45) is -0.930. The van der Waals surface area contributed by atoms with Gasteiger partial charge in [0.1, 0.15) is 24.3 Å². The van der Waals surface area contributed by atoms with Crippen molar-refractivity contribution >= 4 is 33.9 Å². The standard InChI is InChI=1S/C16H17BrF2N4O2/c1-22(13(15(18)19)8-25-9-24)14-7-23-5-4-20-12-6-10(17)2-3-11(12)16(23)21-14/h2-3,6-7,9,13,15,20H,4-5,8H2,1H3. The Labute approximate surface area is 151 Å². The summed E-state index contributed by atoms with van der Waals surface area (Å²) >= 11 is 3.44. The van der Waals surface area contributed by atoms with E-state index in [9.17, 15) is 13.6 Å². The highest BCUT2D eigenvalue weighted by Crippen LogP contribution is 2.34. The zero-order valence-corrected chi connectivity index (χ0v) is 15.0. The highest BCUT2D eigenvalue weighted by molar-refractivity contribution is 9.10. The molecule has 1 N–H and O–H groups in total. The first-order valence-electron chi connectivity index (χ1n) is 7.68. The zero-order chi connectivity index (χ0) is 18.0. The number of carbonyl (C=O) groups excluding carboxylic acids is 1. The van der Waals surface area contributed by atoms with Crippen LogP contribution in [-0.4, -0.2) is 48.7 Å². The molecule has 0 fully saturated rings. The highest BCUT2D eigenvalue weighted by Gasteiger charge is 2.28. The molecule has 3 rings (SSSR count). The Hall–Kier alpha value is -2.16. The van der Waals surface area contributed by atoms with Gasteiger partial charge in [-0.25, -0.2) is 13.8 Å². The first-order valence-corrected chi connectivity index (χ1v) is 8.47. The van der Waals surface area contributed by atoms with Crippen LogP contribution in [0.15, 0.2) is 28.9 Å². The van der Waals surface area contributed by atoms with Crippen molar-refractivity contribution in [3.63, 3.8) is 0 Å². The number of ether oxygens (including phenoxy) is 1. The lowest BCUT2D eigenvalue weighted by Gasteiger charge is -2.26. The van der Waals surface area contributed by atoms with Gasteiger partial charge in [0.25, 0.3) is 12.9 Å². The number of rotatable bonds is 6. The lowest BCUT2D eigenvalue weighted by Crippen LogP contribution is -2.41. The van der Waals surface area contributed by atoms with Crippen molar-refractivity contribution in [1.82, 2.24) is 9.55 Å². The van der Waals surface area contributed by atoms with Crippen LogP contribution < -0.4 is 10.2 Å². The van der Waals surface area contributed by atoms with Crippen molar-refractivity contribution < 1.29 is 18.3 Å². The van der Waals surface area contributed by atoms with Crippen molar-refractivity contribution in [3.05, 3.63) is 28.9 Å². The van der Waals surface area contributed by atoms with E-state index in [0.717, 1.165) is 15.7 Å². The largest absolute Gasteiger partial charge is 0.465 e. The van der Waals surface area contributed by atoms with E-state index in [1.54, 1.807) is 6.20 Å². The number of imidazole rings is 1. The fourth-order valence-corrected chi connectivity index (χ4v) is 3.15. The molecule has 0 saturated heterocycles. The first kappa shape index (κ1) is 17.7. The molecule has 0 bridgehead atoms. The Morgan fingerprint density at radius 1 is 1.52 bits per heavy atom. The second-order valence-electron chi connectivity index (χ2n) is 5.68. The van der Waals surface area contributed by atoms with Crippen LogP contribution >= 0.6 is 15.9 Å². The fourth-order valence-electron chi connectivity index (χ4n) is 2.79. The van der Waals surface area contributed by atoms with Crippen LogP contribution in [-0.2, 0) is 16.1 Å². The number of benzene rings is 1. The van der Waals surface area contributed by atoms with Gasteiger partial charge >= 0.3 is 0 Å². The fraction of sp³-hybridized carbons (Fsp3) is 0.375. The van der Waals surface area contributed by atoms with E-state index in [2.05, 4.69) is 31.0 Å². The Morgan fingerprint density at radius 3 is 3.04 bits per heavy atom. The van der Waals surface area contributed by atoms with Crippen LogP contribution in [0.1, 0.15) is 0 Å². The molecular formula is C16H17BrF2N4O2. The Balaban J connectivity index is 1.95. The van der Waals surface area contributed by atoms with E-state index in [1.807, 2.05) is 22.8 Å². The summed E-state index contributed by atoms with van der Waals surface area (Å²) in [5.74, 6) is 1.12. The lowest BCUT2D eigenvalue weighted by atomic mass is 10.1. The second-order valence-corrected chi connectivity index (χ2v) is 6.59. The van der Waals surface area contributed by atoms with Gasteiger partial charge in [0.15, 0.2) is 0 Å². The summed E-state index contributed by atoms with van der Waals surface area (Å²) in [6.45, 7) is 1.13. The van der Waals surface area contributed by atoms with Crippen molar-refractivity contribution in [3.8, 4) is 11.4 Å². The quantitative estimate of drug-likeness (QED) is 0.736. The molecule has 1 aliphatic heterocycles. The summed E-state index contributed by atoms with van der Waals surface area (Å²) in [4.78, 5) is 16.2. The molecule has 0 radical (unpaired) electrons. The molecule has 1 aromatic carbocycles. The molecule has 1 aliphatic rings. The van der Waals surface area contributed by atoms with E-state index >= 15 is 0 Å². The maximum absolute atomic E-state index is 13.3. The summed E-state index contributed by atoms with van der Waals surface area (Å²) in [5, 5.41) is 3.33. The van der Waals surface area contributed by atoms with E-state index in [0.29, 0.717) is 24.7 Å². The molecular weight excluding hydrogens is 398 g/mol. The van der Waals surface area contributed by atoms with Crippen molar-refractivity contribution in [2.75, 3.05) is 30.4 Å². The van der Waals surface area contributed by atoms with Crippen molar-refractivity contribution in [2.24, 2.45) is 0 Å². The number of likely N-dealkylation sites (N-methyl/N-ethyl adjacent to an activating group) is 1. The zero-order valence-electron chi connectivity index (χ0n) is 13.5. The van der Waals surface area contributed by atoms with Crippen LogP contribution in [0.3, 0.4) is 0 Å². The molecule has 2 heterocycles. The topological polar surface area (TPSA) is 59.4 Å². The molecule has 0 aliphatic carbocycles. The summed E-state index contributed by atoms with van der Waals surface area (Å²) in [6, 6.07) is 4.55. The van der Waals surface area contributed by atoms with Gasteiger partial charge in [-0.2, -0.15) is 0 Å². The van der Waals surface area contributed by atoms with Crippen LogP contribution in [0.4, 0.5) is 20.3 Å². The lowest BCUT2D eigenvalue weighted by molar-refractivity contribution is -0.130. The molecule has 1 atom stereocenters. The predicted octanol–water partition coefficient (Wildman–Crippen LogP) is 2.98. The van der Waals surface area contributed by atoms with Gasteiger partial charge in [0, 0.05) is 42.1 Å². The predicted molar refractivity (Wildman–Crippen MR) is 94.1 cm³/mol. The number of hydrogen-bond donors (Lipinski definition) is 1. The van der Waals surface area contributed by atoms with E-state index < -0.39 is 19.1 Å². The highest BCUT2D eigenvalue weighted by atomic mass is 79.9. The number of fused-ring (bicyclic) bond motifs is 3. The minimum atomic E-state index is -2.67. The minimum Gasteiger partial charge on any atom is -0.465 e. The van der Waals surface area contributed by atoms with Crippen LogP contribution in [0.2, 0.25) is 0 Å². The number of nitrogens with one attached hydrogen (secondary N) is 1. The smallest absolute Gasteiger partial charge is 0.293 e. The van der Waals surface area contributed by atoms with Crippen molar-refractivity contribution in [2.45, 2.75) is 19.0 Å². The molecule has 0 saturated carbocycles. The first-order chi connectivity index (χ1) is 12.0. The molecule has 6 nitrogen and oxygen atoms in total. The van der Waals surface area contributed by atoms with Gasteiger partial charge in [-0.05, 0) is 18.2 Å². The third kappa shape index (κ3) is 3.60. The Morgan fingerprint density at radius 2 is 2.32 bits per heavy atom. The molecule has 134 valence electrons. The molecule has 9 heteroatoms. The van der Waals surface area contributed by atoms with Crippen LogP contribution in [0.5, 0.6) is 0 Å². The second kappa shape index (κ2) is 7.38. The number of nitrogens with zero attached hydrogens (tertiary/aromatic N) is 3. The minimum absolute atomic E-state index is 0.172. The SMILES string of the molecule is CN(c1cn2c(n1)-c1ccc(Br)cc1NCC2)C(COC=O)C(F)F. The molecule has 1 unspecified atom stereocenters. The average Bonchev–Trinajstić information content (AvgIpc) is 2.92. The molecule has 25 heavy (non-hydrogen) atoms. The maximum atomic E-state index is 13.3. The summed E-state index contributed by atoms with van der Waals surface area (Å²) in [5.41, 5.74) is 1.83. The Bertz CT molecular complexity index is 769. The number of hydrogen-bond acceptors (Lipinski definition) is 5. The van der Waals surface area contributed by atoms with Gasteiger partial charge in [-0.15, -0.1) is 0 Å². The number of aromatic nitrogens is 2. The molecule has 1 aromatic heterocycles. The number of halogens is 3. The third-order valence-corrected chi connectivity index (χ3v) is 4.63. The molecule has 0 amide bonds. The van der Waals surface area contributed by atoms with E-state index in [-0.39, 0.29) is 6.47 Å². The summed E-state index contributed by atoms with van der Waals surface area (Å²) in [7, 11) is 1.52. The molecule has 0 spiro atoms. The van der Waals surface area contributed by atoms with Gasteiger partial charge < -0.3 is 19.5 Å². The van der Waals surface area contributed by atoms with Gasteiger partial charge in [-0.3, -0.25) is 4.79 Å². The maximum Gasteiger partial charge on any atom is 0.293 e. The van der Waals surface area contributed by atoms with Gasteiger partial charge in [-0.1, -0.05) is 15.9 Å². The average molecular weight is 415 g/mol. The summed E-state index contributed by atoms with van der Waals surface area (Å²) < 4.78 is 34.0. The number of alkyl halides is 2. The van der Waals surface area contributed by atoms with Gasteiger partial charge in [0.2, 0.25) is 0 Å². The Kier molecular flexibility index (Phi) is 5.22. The van der Waals surface area contributed by atoms with Crippen LogP contribution in [0, 0.1) is 0 Å². The van der Waals surface area contributed by atoms with Gasteiger partial charge in [0.05, 0.1) is 0 Å². The van der Waals surface area contributed by atoms with E-state index in [4.69, 9.17) is 0 Å². The number of carbonyl (C=O) groups is 1. The third-order valence-electron chi connectivity index (χ3n) is 4.14. The van der Waals surface area contributed by atoms with Crippen LogP contribution in [0.25, 0.3) is 11.4 Å². The molecule has 2 aromatic rings. The monoisotopic (exact) mass is 414 g/mol. The number of anilines is 2. The van der Waals surface area contributed by atoms with Crippen molar-refractivity contribution in [1.29, 1.82) is 0 Å². The normalized spacial score (nSPS) is 14.1.